The molecular weight excluding hydrogens is 405 g/mol. The molecule has 3 aromatic heterocycles. The Labute approximate surface area is 168 Å². The van der Waals surface area contributed by atoms with E-state index in [1.165, 1.54) is 22.6 Å². The summed E-state index contributed by atoms with van der Waals surface area (Å²) in [4.78, 5) is 22.6. The number of nitrogens with one attached hydrogen (secondary N) is 1. The van der Waals surface area contributed by atoms with Gasteiger partial charge in [0.2, 0.25) is 5.91 Å². The smallest absolute Gasteiger partial charge is 0.366 e. The second-order valence-electron chi connectivity index (χ2n) is 7.18. The minimum Gasteiger partial charge on any atom is -0.366 e. The molecule has 29 heavy (non-hydrogen) atoms. The first-order valence-corrected chi connectivity index (χ1v) is 10.0. The van der Waals surface area contributed by atoms with Crippen molar-refractivity contribution in [3.63, 3.8) is 0 Å². The number of carbonyl (C=O) groups excluding carboxylic acids is 1. The highest BCUT2D eigenvalue weighted by Gasteiger charge is 2.34. The number of carbonyl (C=O) groups is 1. The fourth-order valence-corrected chi connectivity index (χ4v) is 4.62. The normalized spacial score (nSPS) is 16.0. The lowest BCUT2D eigenvalue weighted by molar-refractivity contribution is -0.162. The van der Waals surface area contributed by atoms with Crippen molar-refractivity contribution < 1.29 is 18.0 Å². The molecule has 7 nitrogen and oxygen atoms in total. The maximum Gasteiger partial charge on any atom is 0.397 e. The Bertz CT molecular complexity index is 1070. The van der Waals surface area contributed by atoms with Gasteiger partial charge in [0, 0.05) is 24.5 Å². The van der Waals surface area contributed by atoms with Gasteiger partial charge in [0.25, 0.3) is 0 Å². The van der Waals surface area contributed by atoms with E-state index in [-0.39, 0.29) is 19.1 Å². The summed E-state index contributed by atoms with van der Waals surface area (Å²) >= 11 is 1.46. The number of rotatable bonds is 3. The van der Waals surface area contributed by atoms with Crippen LogP contribution in [0.5, 0.6) is 0 Å². The highest BCUT2D eigenvalue weighted by atomic mass is 32.1. The zero-order chi connectivity index (χ0) is 20.8. The van der Waals surface area contributed by atoms with Crippen LogP contribution in [0.25, 0.3) is 20.4 Å². The van der Waals surface area contributed by atoms with E-state index in [1.54, 1.807) is 0 Å². The zero-order valence-electron chi connectivity index (χ0n) is 15.9. The number of hydrogen-bond acceptors (Lipinski definition) is 7. The first kappa shape index (κ1) is 19.7. The molecule has 0 aromatic carbocycles. The van der Waals surface area contributed by atoms with E-state index in [4.69, 9.17) is 0 Å². The SMILES string of the molecule is Cc1nnc2sc3c(NC4CCN(C(=O)CC(F)(F)F)CC4)ncnc3c2c1C. The van der Waals surface area contributed by atoms with Crippen molar-refractivity contribution in [2.45, 2.75) is 45.3 Å². The van der Waals surface area contributed by atoms with E-state index in [0.717, 1.165) is 31.7 Å². The summed E-state index contributed by atoms with van der Waals surface area (Å²) in [5, 5.41) is 12.8. The van der Waals surface area contributed by atoms with Crippen molar-refractivity contribution in [3.8, 4) is 0 Å². The Morgan fingerprint density at radius 2 is 1.97 bits per heavy atom. The van der Waals surface area contributed by atoms with Gasteiger partial charge in [-0.25, -0.2) is 9.97 Å². The van der Waals surface area contributed by atoms with Crippen LogP contribution in [0.3, 0.4) is 0 Å². The number of fused-ring (bicyclic) bond motifs is 3. The molecule has 3 aromatic rings. The summed E-state index contributed by atoms with van der Waals surface area (Å²) in [7, 11) is 0. The van der Waals surface area contributed by atoms with E-state index in [9.17, 15) is 18.0 Å². The van der Waals surface area contributed by atoms with Gasteiger partial charge in [-0.1, -0.05) is 0 Å². The number of amides is 1. The van der Waals surface area contributed by atoms with Gasteiger partial charge in [0.05, 0.1) is 15.9 Å². The minimum absolute atomic E-state index is 0.0159. The molecule has 0 radical (unpaired) electrons. The molecule has 11 heteroatoms. The lowest BCUT2D eigenvalue weighted by atomic mass is 10.0. The quantitative estimate of drug-likeness (QED) is 0.692. The summed E-state index contributed by atoms with van der Waals surface area (Å²) < 4.78 is 38.2. The highest BCUT2D eigenvalue weighted by Crippen LogP contribution is 2.37. The maximum atomic E-state index is 12.4. The van der Waals surface area contributed by atoms with Crippen LogP contribution in [0.15, 0.2) is 6.33 Å². The molecule has 0 aliphatic carbocycles. The van der Waals surface area contributed by atoms with Crippen LogP contribution in [0.4, 0.5) is 19.0 Å². The Hall–Kier alpha value is -2.56. The fraction of sp³-hybridized carbons (Fsp3) is 0.500. The molecule has 0 bridgehead atoms. The molecule has 1 N–H and O–H groups in total. The zero-order valence-corrected chi connectivity index (χ0v) is 16.7. The summed E-state index contributed by atoms with van der Waals surface area (Å²) in [5.74, 6) is -0.190. The number of aryl methyl sites for hydroxylation is 2. The van der Waals surface area contributed by atoms with Crippen LogP contribution in [0.1, 0.15) is 30.5 Å². The fourth-order valence-electron chi connectivity index (χ4n) is 3.53. The predicted molar refractivity (Wildman–Crippen MR) is 104 cm³/mol. The van der Waals surface area contributed by atoms with Crippen LogP contribution >= 0.6 is 11.3 Å². The van der Waals surface area contributed by atoms with Crippen molar-refractivity contribution in [1.82, 2.24) is 25.1 Å². The monoisotopic (exact) mass is 424 g/mol. The molecule has 1 aliphatic rings. The molecule has 4 rings (SSSR count). The van der Waals surface area contributed by atoms with E-state index in [2.05, 4.69) is 25.5 Å². The lowest BCUT2D eigenvalue weighted by Crippen LogP contribution is -2.43. The second-order valence-corrected chi connectivity index (χ2v) is 8.18. The Morgan fingerprint density at radius 1 is 1.24 bits per heavy atom. The topological polar surface area (TPSA) is 83.9 Å². The number of halogens is 3. The maximum absolute atomic E-state index is 12.4. The number of hydrogen-bond donors (Lipinski definition) is 1. The van der Waals surface area contributed by atoms with E-state index < -0.39 is 18.5 Å². The molecule has 1 saturated heterocycles. The van der Waals surface area contributed by atoms with Crippen molar-refractivity contribution in [1.29, 1.82) is 0 Å². The third-order valence-electron chi connectivity index (χ3n) is 5.20. The average Bonchev–Trinajstić information content (AvgIpc) is 3.04. The molecule has 1 amide bonds. The van der Waals surface area contributed by atoms with Gasteiger partial charge in [-0.15, -0.1) is 16.4 Å². The van der Waals surface area contributed by atoms with Crippen LogP contribution in [-0.2, 0) is 4.79 Å². The molecule has 0 spiro atoms. The second kappa shape index (κ2) is 7.36. The molecule has 0 unspecified atom stereocenters. The van der Waals surface area contributed by atoms with E-state index >= 15 is 0 Å². The van der Waals surface area contributed by atoms with Gasteiger partial charge in [-0.2, -0.15) is 18.3 Å². The third kappa shape index (κ3) is 3.96. The van der Waals surface area contributed by atoms with E-state index in [1.807, 2.05) is 13.8 Å². The van der Waals surface area contributed by atoms with Crippen LogP contribution < -0.4 is 5.32 Å². The number of nitrogens with zero attached hydrogens (tertiary/aromatic N) is 5. The number of thiophene rings is 1. The van der Waals surface area contributed by atoms with Crippen LogP contribution in [0, 0.1) is 13.8 Å². The molecule has 0 saturated carbocycles. The Kier molecular flexibility index (Phi) is 5.01. The minimum atomic E-state index is -4.47. The van der Waals surface area contributed by atoms with Gasteiger partial charge in [-0.3, -0.25) is 4.79 Å². The predicted octanol–water partition coefficient (Wildman–Crippen LogP) is 3.61. The van der Waals surface area contributed by atoms with Gasteiger partial charge in [0.1, 0.15) is 23.4 Å². The van der Waals surface area contributed by atoms with Gasteiger partial charge < -0.3 is 10.2 Å². The van der Waals surface area contributed by atoms with Crippen molar-refractivity contribution >= 4 is 43.5 Å². The summed E-state index contributed by atoms with van der Waals surface area (Å²) in [6, 6.07) is 0.0159. The Balaban J connectivity index is 1.51. The van der Waals surface area contributed by atoms with Gasteiger partial charge >= 0.3 is 6.18 Å². The first-order chi connectivity index (χ1) is 13.7. The summed E-state index contributed by atoms with van der Waals surface area (Å²) in [5.41, 5.74) is 2.69. The average molecular weight is 424 g/mol. The molecule has 4 heterocycles. The van der Waals surface area contributed by atoms with Crippen molar-refractivity contribution in [2.24, 2.45) is 0 Å². The number of aromatic nitrogens is 4. The molecule has 154 valence electrons. The molecule has 0 atom stereocenters. The van der Waals surface area contributed by atoms with E-state index in [0.29, 0.717) is 18.7 Å². The van der Waals surface area contributed by atoms with Crippen LogP contribution in [0.2, 0.25) is 0 Å². The van der Waals surface area contributed by atoms with Crippen LogP contribution in [-0.4, -0.2) is 56.3 Å². The largest absolute Gasteiger partial charge is 0.397 e. The molecule has 1 fully saturated rings. The lowest BCUT2D eigenvalue weighted by Gasteiger charge is -2.32. The number of anilines is 1. The van der Waals surface area contributed by atoms with Gasteiger partial charge in [0.15, 0.2) is 0 Å². The molecule has 1 aliphatic heterocycles. The summed E-state index contributed by atoms with van der Waals surface area (Å²) in [6.45, 7) is 4.47. The van der Waals surface area contributed by atoms with Crippen molar-refractivity contribution in [3.05, 3.63) is 17.6 Å². The molecular formula is C18H19F3N6OS. The number of alkyl halides is 3. The highest BCUT2D eigenvalue weighted by molar-refractivity contribution is 7.25. The Morgan fingerprint density at radius 3 is 2.66 bits per heavy atom. The standard InChI is InChI=1S/C18H19F3N6OS/c1-9-10(2)25-26-17-13(9)14-15(29-17)16(23-8-22-14)24-11-3-5-27(6-4-11)12(28)7-18(19,20)21/h8,11H,3-7H2,1-2H3,(H,22,23,24). The number of piperidine rings is 1. The van der Waals surface area contributed by atoms with Crippen molar-refractivity contribution in [2.75, 3.05) is 18.4 Å². The third-order valence-corrected chi connectivity index (χ3v) is 6.27. The van der Waals surface area contributed by atoms with Gasteiger partial charge in [-0.05, 0) is 32.3 Å². The first-order valence-electron chi connectivity index (χ1n) is 9.21. The summed E-state index contributed by atoms with van der Waals surface area (Å²) in [6.07, 6.45) is -3.28. The number of likely N-dealkylation sites (tertiary alicyclic amines) is 1.